The van der Waals surface area contributed by atoms with E-state index < -0.39 is 43.3 Å². The number of carbonyl (C=O) groups excluding carboxylic acids is 1. The van der Waals surface area contributed by atoms with Gasteiger partial charge in [-0.05, 0) is 0 Å². The van der Waals surface area contributed by atoms with E-state index in [1.807, 2.05) is 0 Å². The van der Waals surface area contributed by atoms with Crippen molar-refractivity contribution >= 4 is 11.7 Å². The molecule has 144 valence electrons. The van der Waals surface area contributed by atoms with Crippen molar-refractivity contribution in [3.8, 4) is 0 Å². The second kappa shape index (κ2) is 8.97. The third-order valence-corrected chi connectivity index (χ3v) is 3.91. The van der Waals surface area contributed by atoms with Crippen LogP contribution in [0.2, 0.25) is 0 Å². The van der Waals surface area contributed by atoms with Crippen LogP contribution in [0.1, 0.15) is 5.56 Å². The maximum Gasteiger partial charge on any atom is 0.380 e. The average Bonchev–Trinajstić information content (AvgIpc) is 2.66. The number of aliphatic hydroxyl groups excluding tert-OH is 4. The molecule has 0 spiro atoms. The van der Waals surface area contributed by atoms with E-state index in [1.54, 1.807) is 30.3 Å². The zero-order chi connectivity index (χ0) is 19.3. The molecule has 1 aliphatic rings. The summed E-state index contributed by atoms with van der Waals surface area (Å²) >= 11 is 0. The Labute approximate surface area is 150 Å². The quantitative estimate of drug-likeness (QED) is 0.282. The number of esters is 1. The van der Waals surface area contributed by atoms with Crippen LogP contribution in [-0.4, -0.2) is 77.9 Å². The fraction of sp³-hybridized carbons (Fsp3) is 0.471. The normalized spacial score (nSPS) is 29.5. The number of benzene rings is 1. The average molecular weight is 370 g/mol. The molecular weight excluding hydrogens is 348 g/mol. The van der Waals surface area contributed by atoms with Crippen LogP contribution < -0.4 is 0 Å². The number of hydrogen-bond acceptors (Lipinski definition) is 9. The van der Waals surface area contributed by atoms with Gasteiger partial charge in [0.15, 0.2) is 5.76 Å². The molecule has 0 radical (unpaired) electrons. The number of carbonyl (C=O) groups is 1. The molecule has 1 heterocycles. The van der Waals surface area contributed by atoms with Gasteiger partial charge in [-0.2, -0.15) is 0 Å². The zero-order valence-corrected chi connectivity index (χ0v) is 14.3. The van der Waals surface area contributed by atoms with Crippen LogP contribution in [0, 0.1) is 0 Å². The fourth-order valence-electron chi connectivity index (χ4n) is 2.52. The van der Waals surface area contributed by atoms with Crippen molar-refractivity contribution in [2.75, 3.05) is 20.8 Å². The van der Waals surface area contributed by atoms with Gasteiger partial charge < -0.3 is 39.4 Å². The second-order valence-corrected chi connectivity index (χ2v) is 5.54. The van der Waals surface area contributed by atoms with Crippen LogP contribution in [0.15, 0.2) is 36.1 Å². The molecule has 2 rings (SSSR count). The summed E-state index contributed by atoms with van der Waals surface area (Å²) in [6, 6.07) is 8.66. The maximum absolute atomic E-state index is 12.5. The highest BCUT2D eigenvalue weighted by Gasteiger charge is 2.45. The van der Waals surface area contributed by atoms with Crippen LogP contribution in [0.4, 0.5) is 0 Å². The standard InChI is InChI=1S/C17H22O9/c1-23-14(9-6-4-3-5-7-9)15(24-2)16(22)26-17-13(21)12(20)11(19)10(8-18)25-17/h3-7,10-13,17-21H,8H2,1-2H3/t10-,11-,12+,13-,17?/m1/s1. The van der Waals surface area contributed by atoms with Gasteiger partial charge in [0.25, 0.3) is 0 Å². The Bertz CT molecular complexity index is 628. The van der Waals surface area contributed by atoms with Crippen molar-refractivity contribution in [1.29, 1.82) is 0 Å². The van der Waals surface area contributed by atoms with Gasteiger partial charge in [0.1, 0.15) is 24.4 Å². The Morgan fingerprint density at radius 3 is 2.23 bits per heavy atom. The van der Waals surface area contributed by atoms with Crippen LogP contribution in [0.5, 0.6) is 0 Å². The predicted molar refractivity (Wildman–Crippen MR) is 87.2 cm³/mol. The molecule has 1 unspecified atom stereocenters. The topological polar surface area (TPSA) is 135 Å². The molecule has 0 aromatic heterocycles. The van der Waals surface area contributed by atoms with Crippen molar-refractivity contribution < 1.29 is 44.2 Å². The maximum atomic E-state index is 12.5. The molecule has 1 aromatic rings. The van der Waals surface area contributed by atoms with E-state index in [9.17, 15) is 25.2 Å². The van der Waals surface area contributed by atoms with Crippen molar-refractivity contribution in [1.82, 2.24) is 0 Å². The molecule has 1 saturated heterocycles. The zero-order valence-electron chi connectivity index (χ0n) is 14.3. The largest absolute Gasteiger partial charge is 0.492 e. The number of rotatable bonds is 6. The lowest BCUT2D eigenvalue weighted by Crippen LogP contribution is -2.59. The molecule has 0 aliphatic carbocycles. The molecule has 5 atom stereocenters. The first kappa shape index (κ1) is 20.1. The van der Waals surface area contributed by atoms with Crippen molar-refractivity contribution in [3.63, 3.8) is 0 Å². The van der Waals surface area contributed by atoms with Gasteiger partial charge in [-0.1, -0.05) is 30.3 Å². The highest BCUT2D eigenvalue weighted by molar-refractivity contribution is 5.94. The summed E-state index contributed by atoms with van der Waals surface area (Å²) in [5.41, 5.74) is 0.553. The summed E-state index contributed by atoms with van der Waals surface area (Å²) in [6.45, 7) is -0.640. The van der Waals surface area contributed by atoms with E-state index in [0.29, 0.717) is 5.56 Å². The van der Waals surface area contributed by atoms with Crippen LogP contribution in [-0.2, 0) is 23.7 Å². The van der Waals surface area contributed by atoms with Crippen LogP contribution >= 0.6 is 0 Å². The predicted octanol–water partition coefficient (Wildman–Crippen LogP) is -1.01. The molecule has 1 fully saturated rings. The minimum atomic E-state index is -1.71. The molecule has 4 N–H and O–H groups in total. The van der Waals surface area contributed by atoms with E-state index >= 15 is 0 Å². The van der Waals surface area contributed by atoms with E-state index in [-0.39, 0.29) is 11.5 Å². The summed E-state index contributed by atoms with van der Waals surface area (Å²) < 4.78 is 20.5. The van der Waals surface area contributed by atoms with E-state index in [4.69, 9.17) is 18.9 Å². The molecular formula is C17H22O9. The lowest BCUT2D eigenvalue weighted by atomic mass is 9.99. The van der Waals surface area contributed by atoms with E-state index in [1.165, 1.54) is 14.2 Å². The van der Waals surface area contributed by atoms with Gasteiger partial charge in [-0.15, -0.1) is 0 Å². The smallest absolute Gasteiger partial charge is 0.380 e. The third kappa shape index (κ3) is 4.14. The van der Waals surface area contributed by atoms with Crippen molar-refractivity contribution in [3.05, 3.63) is 41.7 Å². The minimum Gasteiger partial charge on any atom is -0.492 e. The molecule has 9 heteroatoms. The summed E-state index contributed by atoms with van der Waals surface area (Å²) in [5.74, 6) is -1.20. The van der Waals surface area contributed by atoms with Gasteiger partial charge in [-0.25, -0.2) is 4.79 Å². The molecule has 9 nitrogen and oxygen atoms in total. The Hall–Kier alpha value is -2.17. The number of hydrogen-bond donors (Lipinski definition) is 4. The SMILES string of the molecule is COC(C(=O)OC1O[C@H](CO)[C@@H](O)[C@H](O)[C@H]1O)=C(OC)c1ccccc1. The van der Waals surface area contributed by atoms with Crippen molar-refractivity contribution in [2.45, 2.75) is 30.7 Å². The van der Waals surface area contributed by atoms with Crippen molar-refractivity contribution in [2.24, 2.45) is 0 Å². The summed E-state index contributed by atoms with van der Waals surface area (Å²) in [4.78, 5) is 12.5. The molecule has 0 saturated carbocycles. The van der Waals surface area contributed by atoms with E-state index in [2.05, 4.69) is 0 Å². The van der Waals surface area contributed by atoms with Gasteiger partial charge in [-0.3, -0.25) is 0 Å². The van der Waals surface area contributed by atoms with Crippen LogP contribution in [0.25, 0.3) is 5.76 Å². The molecule has 0 bridgehead atoms. The lowest BCUT2D eigenvalue weighted by Gasteiger charge is -2.39. The summed E-state index contributed by atoms with van der Waals surface area (Å²) in [5, 5.41) is 38.6. The molecule has 1 aromatic carbocycles. The summed E-state index contributed by atoms with van der Waals surface area (Å²) in [6.07, 6.45) is -7.74. The molecule has 26 heavy (non-hydrogen) atoms. The number of aliphatic hydroxyl groups is 4. The van der Waals surface area contributed by atoms with Gasteiger partial charge in [0.2, 0.25) is 12.0 Å². The first-order chi connectivity index (χ1) is 12.4. The Morgan fingerprint density at radius 1 is 1.04 bits per heavy atom. The number of methoxy groups -OCH3 is 2. The summed E-state index contributed by atoms with van der Waals surface area (Å²) in [7, 11) is 2.59. The minimum absolute atomic E-state index is 0.0997. The monoisotopic (exact) mass is 370 g/mol. The first-order valence-electron chi connectivity index (χ1n) is 7.83. The fourth-order valence-corrected chi connectivity index (χ4v) is 2.52. The first-order valence-corrected chi connectivity index (χ1v) is 7.83. The number of ether oxygens (including phenoxy) is 4. The van der Waals surface area contributed by atoms with E-state index in [0.717, 1.165) is 0 Å². The third-order valence-electron chi connectivity index (χ3n) is 3.91. The Kier molecular flexibility index (Phi) is 6.95. The van der Waals surface area contributed by atoms with Gasteiger partial charge in [0.05, 0.1) is 20.8 Å². The molecule has 0 amide bonds. The second-order valence-electron chi connectivity index (χ2n) is 5.54. The molecule has 1 aliphatic heterocycles. The Morgan fingerprint density at radius 2 is 1.69 bits per heavy atom. The lowest BCUT2D eigenvalue weighted by molar-refractivity contribution is -0.292. The van der Waals surface area contributed by atoms with Crippen LogP contribution in [0.3, 0.4) is 0 Å². The van der Waals surface area contributed by atoms with Gasteiger partial charge >= 0.3 is 5.97 Å². The highest BCUT2D eigenvalue weighted by atomic mass is 16.7. The highest BCUT2D eigenvalue weighted by Crippen LogP contribution is 2.25. The van der Waals surface area contributed by atoms with Gasteiger partial charge in [0, 0.05) is 5.56 Å². The Balaban J connectivity index is 2.24.